The second-order valence-corrected chi connectivity index (χ2v) is 7.73. The van der Waals surface area contributed by atoms with E-state index in [1.54, 1.807) is 7.11 Å². The normalized spacial score (nSPS) is 27.7. The summed E-state index contributed by atoms with van der Waals surface area (Å²) in [5.41, 5.74) is 0.433. The summed E-state index contributed by atoms with van der Waals surface area (Å²) in [5, 5.41) is 0. The van der Waals surface area contributed by atoms with Crippen molar-refractivity contribution in [2.75, 3.05) is 44.8 Å². The molecule has 3 heterocycles. The summed E-state index contributed by atoms with van der Waals surface area (Å²) in [6.07, 6.45) is 10.4. The molecule has 2 aliphatic heterocycles. The minimum Gasteiger partial charge on any atom is -0.383 e. The van der Waals surface area contributed by atoms with Gasteiger partial charge in [-0.15, -0.1) is 0 Å². The van der Waals surface area contributed by atoms with E-state index in [0.29, 0.717) is 11.5 Å². The van der Waals surface area contributed by atoms with Gasteiger partial charge in [0.05, 0.1) is 12.6 Å². The van der Waals surface area contributed by atoms with Gasteiger partial charge in [0, 0.05) is 32.6 Å². The SMILES string of the molecule is COC[C@@H]1CC2(CCN(CC3CC3)CC2)CN1c1ncccn1. The van der Waals surface area contributed by atoms with Crippen LogP contribution in [0.1, 0.15) is 32.1 Å². The van der Waals surface area contributed by atoms with Crippen LogP contribution in [-0.2, 0) is 4.74 Å². The van der Waals surface area contributed by atoms with Gasteiger partial charge in [0.1, 0.15) is 0 Å². The summed E-state index contributed by atoms with van der Waals surface area (Å²) < 4.78 is 5.49. The monoisotopic (exact) mass is 316 g/mol. The molecule has 1 spiro atoms. The first kappa shape index (κ1) is 15.3. The highest BCUT2D eigenvalue weighted by molar-refractivity contribution is 5.35. The average molecular weight is 316 g/mol. The number of nitrogens with zero attached hydrogens (tertiary/aromatic N) is 4. The first-order valence-corrected chi connectivity index (χ1v) is 9.03. The van der Waals surface area contributed by atoms with Gasteiger partial charge < -0.3 is 14.5 Å². The summed E-state index contributed by atoms with van der Waals surface area (Å²) >= 11 is 0. The molecule has 4 rings (SSSR count). The Hall–Kier alpha value is -1.20. The molecule has 126 valence electrons. The third-order valence-corrected chi connectivity index (χ3v) is 5.91. The number of rotatable bonds is 5. The fourth-order valence-corrected chi connectivity index (χ4v) is 4.42. The molecule has 23 heavy (non-hydrogen) atoms. The first-order valence-electron chi connectivity index (χ1n) is 9.03. The van der Waals surface area contributed by atoms with Gasteiger partial charge in [-0.2, -0.15) is 0 Å². The summed E-state index contributed by atoms with van der Waals surface area (Å²) in [7, 11) is 1.80. The highest BCUT2D eigenvalue weighted by atomic mass is 16.5. The molecule has 1 aliphatic carbocycles. The Morgan fingerprint density at radius 1 is 1.22 bits per heavy atom. The van der Waals surface area contributed by atoms with Crippen molar-refractivity contribution in [1.82, 2.24) is 14.9 Å². The number of aromatic nitrogens is 2. The quantitative estimate of drug-likeness (QED) is 0.833. The van der Waals surface area contributed by atoms with Crippen LogP contribution in [0.5, 0.6) is 0 Å². The molecule has 0 N–H and O–H groups in total. The summed E-state index contributed by atoms with van der Waals surface area (Å²) in [6, 6.07) is 2.30. The Labute approximate surface area is 139 Å². The Morgan fingerprint density at radius 2 is 1.96 bits per heavy atom. The molecule has 1 saturated carbocycles. The number of likely N-dealkylation sites (tertiary alicyclic amines) is 1. The van der Waals surface area contributed by atoms with Crippen LogP contribution in [0.3, 0.4) is 0 Å². The van der Waals surface area contributed by atoms with E-state index in [2.05, 4.69) is 19.8 Å². The Morgan fingerprint density at radius 3 is 2.61 bits per heavy atom. The topological polar surface area (TPSA) is 41.5 Å². The molecular weight excluding hydrogens is 288 g/mol. The van der Waals surface area contributed by atoms with Crippen molar-refractivity contribution in [2.45, 2.75) is 38.1 Å². The van der Waals surface area contributed by atoms with Gasteiger partial charge >= 0.3 is 0 Å². The molecule has 5 heteroatoms. The Kier molecular flexibility index (Phi) is 4.24. The van der Waals surface area contributed by atoms with E-state index in [1.807, 2.05) is 18.5 Å². The molecular formula is C18H28N4O. The summed E-state index contributed by atoms with van der Waals surface area (Å²) in [6.45, 7) is 5.72. The standard InChI is InChI=1S/C18H28N4O/c1-23-13-16-11-18(14-22(16)17-19-7-2-8-20-17)5-9-21(10-6-18)12-15-3-4-15/h2,7-8,15-16H,3-6,9-14H2,1H3/t16-/m0/s1. The van der Waals surface area contributed by atoms with Crippen molar-refractivity contribution in [2.24, 2.45) is 11.3 Å². The smallest absolute Gasteiger partial charge is 0.225 e. The van der Waals surface area contributed by atoms with Crippen molar-refractivity contribution in [3.05, 3.63) is 18.5 Å². The van der Waals surface area contributed by atoms with Crippen molar-refractivity contribution >= 4 is 5.95 Å². The van der Waals surface area contributed by atoms with Gasteiger partial charge in [0.15, 0.2) is 0 Å². The maximum Gasteiger partial charge on any atom is 0.225 e. The fourth-order valence-electron chi connectivity index (χ4n) is 4.42. The lowest BCUT2D eigenvalue weighted by Gasteiger charge is -2.39. The second-order valence-electron chi connectivity index (χ2n) is 7.73. The number of hydrogen-bond acceptors (Lipinski definition) is 5. The molecule has 3 fully saturated rings. The molecule has 0 bridgehead atoms. The molecule has 0 amide bonds. The molecule has 1 aromatic rings. The van der Waals surface area contributed by atoms with Crippen molar-refractivity contribution in [3.8, 4) is 0 Å². The molecule has 1 atom stereocenters. The second kappa shape index (κ2) is 6.36. The minimum atomic E-state index is 0.414. The lowest BCUT2D eigenvalue weighted by atomic mass is 9.76. The van der Waals surface area contributed by atoms with Crippen LogP contribution in [0.25, 0.3) is 0 Å². The van der Waals surface area contributed by atoms with E-state index >= 15 is 0 Å². The fraction of sp³-hybridized carbons (Fsp3) is 0.778. The van der Waals surface area contributed by atoms with E-state index in [9.17, 15) is 0 Å². The van der Waals surface area contributed by atoms with E-state index in [-0.39, 0.29) is 0 Å². The Bertz CT molecular complexity index is 511. The zero-order chi connectivity index (χ0) is 15.7. The van der Waals surface area contributed by atoms with Crippen LogP contribution in [0.4, 0.5) is 5.95 Å². The predicted octanol–water partition coefficient (Wildman–Crippen LogP) is 2.19. The van der Waals surface area contributed by atoms with Crippen molar-refractivity contribution in [1.29, 1.82) is 0 Å². The van der Waals surface area contributed by atoms with Crippen LogP contribution >= 0.6 is 0 Å². The van der Waals surface area contributed by atoms with Gasteiger partial charge in [-0.25, -0.2) is 9.97 Å². The number of piperidine rings is 1. The molecule has 0 radical (unpaired) electrons. The third-order valence-electron chi connectivity index (χ3n) is 5.91. The van der Waals surface area contributed by atoms with E-state index in [4.69, 9.17) is 4.74 Å². The van der Waals surface area contributed by atoms with E-state index in [0.717, 1.165) is 25.0 Å². The number of hydrogen-bond donors (Lipinski definition) is 0. The predicted molar refractivity (Wildman–Crippen MR) is 90.5 cm³/mol. The van der Waals surface area contributed by atoms with Crippen LogP contribution in [0.15, 0.2) is 18.5 Å². The maximum absolute atomic E-state index is 5.49. The van der Waals surface area contributed by atoms with Gasteiger partial charge in [-0.1, -0.05) is 0 Å². The third kappa shape index (κ3) is 3.36. The number of ether oxygens (including phenoxy) is 1. The highest BCUT2D eigenvalue weighted by Crippen LogP contribution is 2.45. The number of methoxy groups -OCH3 is 1. The maximum atomic E-state index is 5.49. The molecule has 0 aromatic carbocycles. The molecule has 5 nitrogen and oxygen atoms in total. The van der Waals surface area contributed by atoms with E-state index < -0.39 is 0 Å². The van der Waals surface area contributed by atoms with E-state index in [1.165, 1.54) is 51.7 Å². The number of anilines is 1. The average Bonchev–Trinajstić information content (AvgIpc) is 3.33. The van der Waals surface area contributed by atoms with Crippen LogP contribution in [0.2, 0.25) is 0 Å². The van der Waals surface area contributed by atoms with Crippen molar-refractivity contribution < 1.29 is 4.74 Å². The largest absolute Gasteiger partial charge is 0.383 e. The first-order chi connectivity index (χ1) is 11.3. The van der Waals surface area contributed by atoms with Gasteiger partial charge in [-0.3, -0.25) is 0 Å². The van der Waals surface area contributed by atoms with Gasteiger partial charge in [0.2, 0.25) is 5.95 Å². The molecule has 3 aliphatic rings. The summed E-state index contributed by atoms with van der Waals surface area (Å²) in [5.74, 6) is 1.87. The lowest BCUT2D eigenvalue weighted by Crippen LogP contribution is -2.42. The molecule has 2 saturated heterocycles. The zero-order valence-electron chi connectivity index (χ0n) is 14.2. The summed E-state index contributed by atoms with van der Waals surface area (Å²) in [4.78, 5) is 14.0. The molecule has 0 unspecified atom stereocenters. The van der Waals surface area contributed by atoms with Crippen LogP contribution in [0, 0.1) is 11.3 Å². The Balaban J connectivity index is 1.44. The highest BCUT2D eigenvalue weighted by Gasteiger charge is 2.46. The van der Waals surface area contributed by atoms with Crippen LogP contribution < -0.4 is 4.90 Å². The zero-order valence-corrected chi connectivity index (χ0v) is 14.2. The minimum absolute atomic E-state index is 0.414. The van der Waals surface area contributed by atoms with Crippen molar-refractivity contribution in [3.63, 3.8) is 0 Å². The molecule has 1 aromatic heterocycles. The van der Waals surface area contributed by atoms with Gasteiger partial charge in [0.25, 0.3) is 0 Å². The van der Waals surface area contributed by atoms with Crippen LogP contribution in [-0.4, -0.2) is 60.8 Å². The lowest BCUT2D eigenvalue weighted by molar-refractivity contribution is 0.107. The van der Waals surface area contributed by atoms with Gasteiger partial charge in [-0.05, 0) is 62.6 Å².